The Labute approximate surface area is 80.8 Å². The molecule has 2 aromatic rings. The van der Waals surface area contributed by atoms with Gasteiger partial charge in [-0.05, 0) is 12.1 Å². The van der Waals surface area contributed by atoms with Crippen LogP contribution in [0.2, 0.25) is 0 Å². The first-order valence-corrected chi connectivity index (χ1v) is 4.24. The third-order valence-corrected chi connectivity index (χ3v) is 2.34. The average molecular weight is 188 g/mol. The summed E-state index contributed by atoms with van der Waals surface area (Å²) >= 11 is 0. The van der Waals surface area contributed by atoms with Gasteiger partial charge in [0.2, 0.25) is 4.91 Å². The van der Waals surface area contributed by atoms with Crippen LogP contribution in [0.5, 0.6) is 0 Å². The predicted octanol–water partition coefficient (Wildman–Crippen LogP) is 1.94. The fourth-order valence-corrected chi connectivity index (χ4v) is 1.65. The van der Waals surface area contributed by atoms with Crippen molar-refractivity contribution in [2.45, 2.75) is 0 Å². The summed E-state index contributed by atoms with van der Waals surface area (Å²) in [5.41, 5.74) is 10.5. The van der Waals surface area contributed by atoms with E-state index in [1.165, 1.54) is 0 Å². The third kappa shape index (κ3) is 1.03. The zero-order valence-corrected chi connectivity index (χ0v) is 8.05. The van der Waals surface area contributed by atoms with E-state index in [0.717, 1.165) is 11.0 Å². The van der Waals surface area contributed by atoms with Gasteiger partial charge in [-0.3, -0.25) is 0 Å². The number of nitrogens with zero attached hydrogens (tertiary/aromatic N) is 5. The van der Waals surface area contributed by atoms with Gasteiger partial charge in [-0.25, -0.2) is 9.13 Å². The Morgan fingerprint density at radius 2 is 2.14 bits per heavy atom. The van der Waals surface area contributed by atoms with Crippen molar-refractivity contribution in [3.63, 3.8) is 0 Å². The first-order valence-electron chi connectivity index (χ1n) is 4.24. The first-order chi connectivity index (χ1) is 6.75. The monoisotopic (exact) mass is 188 g/mol. The fourth-order valence-electron chi connectivity index (χ4n) is 1.65. The van der Waals surface area contributed by atoms with Crippen LogP contribution >= 0.6 is 0 Å². The standard InChI is InChI=1S/C9H10N5/c1-13-7-5-3-4-6-8(7)14(2)9(13)11-12-10/h3-6H,1-2H3/q+1. The minimum absolute atomic E-state index is 0.605. The number of aromatic nitrogens is 2. The van der Waals surface area contributed by atoms with Crippen molar-refractivity contribution in [3.8, 4) is 0 Å². The normalized spacial score (nSPS) is 10.1. The molecule has 0 aliphatic carbocycles. The minimum atomic E-state index is 0.605. The zero-order valence-electron chi connectivity index (χ0n) is 8.05. The van der Waals surface area contributed by atoms with Gasteiger partial charge in [0, 0.05) is 5.53 Å². The molecule has 14 heavy (non-hydrogen) atoms. The van der Waals surface area contributed by atoms with Crippen LogP contribution in [0.15, 0.2) is 29.4 Å². The van der Waals surface area contributed by atoms with E-state index >= 15 is 0 Å². The summed E-state index contributed by atoms with van der Waals surface area (Å²) in [6, 6.07) is 7.90. The maximum Gasteiger partial charge on any atom is 0.486 e. The van der Waals surface area contributed by atoms with E-state index in [4.69, 9.17) is 5.53 Å². The minimum Gasteiger partial charge on any atom is -0.221 e. The summed E-state index contributed by atoms with van der Waals surface area (Å²) in [6.45, 7) is 0. The number of fused-ring (bicyclic) bond motifs is 1. The number of hydrogen-bond donors (Lipinski definition) is 0. The van der Waals surface area contributed by atoms with Gasteiger partial charge in [-0.2, -0.15) is 0 Å². The molecule has 5 heteroatoms. The van der Waals surface area contributed by atoms with E-state index in [0.29, 0.717) is 5.95 Å². The summed E-state index contributed by atoms with van der Waals surface area (Å²) < 4.78 is 3.74. The lowest BCUT2D eigenvalue weighted by molar-refractivity contribution is -0.632. The van der Waals surface area contributed by atoms with E-state index in [2.05, 4.69) is 10.0 Å². The summed E-state index contributed by atoms with van der Waals surface area (Å²) in [6.07, 6.45) is 0. The quantitative estimate of drug-likeness (QED) is 0.284. The molecule has 5 nitrogen and oxygen atoms in total. The molecular weight excluding hydrogens is 178 g/mol. The van der Waals surface area contributed by atoms with Gasteiger partial charge in [-0.1, -0.05) is 12.1 Å². The van der Waals surface area contributed by atoms with Gasteiger partial charge in [0.25, 0.3) is 0 Å². The molecule has 0 aliphatic heterocycles. The van der Waals surface area contributed by atoms with Crippen LogP contribution in [0, 0.1) is 0 Å². The van der Waals surface area contributed by atoms with Crippen LogP contribution in [0.4, 0.5) is 5.95 Å². The van der Waals surface area contributed by atoms with Crippen LogP contribution in [0.25, 0.3) is 21.5 Å². The average Bonchev–Trinajstić information content (AvgIpc) is 2.45. The second kappa shape index (κ2) is 3.05. The number of imidazole rings is 1. The van der Waals surface area contributed by atoms with Crippen LogP contribution in [0.3, 0.4) is 0 Å². The van der Waals surface area contributed by atoms with E-state index < -0.39 is 0 Å². The number of hydrogen-bond acceptors (Lipinski definition) is 1. The molecule has 1 heterocycles. The molecule has 0 saturated carbocycles. The summed E-state index contributed by atoms with van der Waals surface area (Å²) in [5.74, 6) is 0.605. The number of azide groups is 1. The van der Waals surface area contributed by atoms with Crippen molar-refractivity contribution < 1.29 is 4.57 Å². The maximum atomic E-state index is 8.43. The second-order valence-electron chi connectivity index (χ2n) is 3.10. The number of benzene rings is 1. The molecule has 1 aromatic heterocycles. The number of aryl methyl sites for hydroxylation is 2. The molecule has 0 saturated heterocycles. The van der Waals surface area contributed by atoms with Crippen LogP contribution < -0.4 is 4.57 Å². The SMILES string of the molecule is Cn1c(N=[N+]=[N-])[n+](C)c2ccccc21. The van der Waals surface area contributed by atoms with Gasteiger partial charge in [0.1, 0.15) is 11.0 Å². The lowest BCUT2D eigenvalue weighted by Crippen LogP contribution is -2.26. The maximum absolute atomic E-state index is 8.43. The van der Waals surface area contributed by atoms with Crippen molar-refractivity contribution in [3.05, 3.63) is 34.7 Å². The molecule has 70 valence electrons. The summed E-state index contributed by atoms with van der Waals surface area (Å²) in [4.78, 5) is 2.81. The van der Waals surface area contributed by atoms with Crippen molar-refractivity contribution in [1.29, 1.82) is 0 Å². The van der Waals surface area contributed by atoms with Crippen molar-refractivity contribution in [1.82, 2.24) is 4.57 Å². The molecule has 2 rings (SSSR count). The van der Waals surface area contributed by atoms with Gasteiger partial charge < -0.3 is 0 Å². The zero-order chi connectivity index (χ0) is 10.1. The highest BCUT2D eigenvalue weighted by Gasteiger charge is 2.22. The molecule has 0 unspecified atom stereocenters. The second-order valence-corrected chi connectivity index (χ2v) is 3.10. The van der Waals surface area contributed by atoms with E-state index in [1.807, 2.05) is 47.5 Å². The number of para-hydroxylation sites is 2. The van der Waals surface area contributed by atoms with Crippen molar-refractivity contribution in [2.24, 2.45) is 19.2 Å². The Morgan fingerprint density at radius 1 is 1.43 bits per heavy atom. The van der Waals surface area contributed by atoms with E-state index in [9.17, 15) is 0 Å². The molecule has 0 atom stereocenters. The van der Waals surface area contributed by atoms with E-state index in [1.54, 1.807) is 0 Å². The third-order valence-electron chi connectivity index (χ3n) is 2.34. The largest absolute Gasteiger partial charge is 0.486 e. The Hall–Kier alpha value is -2.00. The smallest absolute Gasteiger partial charge is 0.221 e. The molecule has 0 aliphatic rings. The summed E-state index contributed by atoms with van der Waals surface area (Å²) in [7, 11) is 3.76. The highest BCUT2D eigenvalue weighted by atomic mass is 15.3. The van der Waals surface area contributed by atoms with Crippen molar-refractivity contribution in [2.75, 3.05) is 0 Å². The van der Waals surface area contributed by atoms with Crippen LogP contribution in [-0.4, -0.2) is 4.57 Å². The lowest BCUT2D eigenvalue weighted by atomic mass is 10.3. The Balaban J connectivity index is 2.92. The van der Waals surface area contributed by atoms with Crippen LogP contribution in [-0.2, 0) is 14.1 Å². The molecule has 0 amide bonds. The first kappa shape index (κ1) is 8.59. The fraction of sp³-hybridized carbons (Fsp3) is 0.222. The Morgan fingerprint density at radius 3 is 2.79 bits per heavy atom. The molecule has 0 bridgehead atoms. The lowest BCUT2D eigenvalue weighted by Gasteiger charge is -1.85. The van der Waals surface area contributed by atoms with Crippen LogP contribution in [0.1, 0.15) is 0 Å². The van der Waals surface area contributed by atoms with Gasteiger partial charge in [0.15, 0.2) is 0 Å². The highest BCUT2D eigenvalue weighted by molar-refractivity contribution is 5.73. The predicted molar refractivity (Wildman–Crippen MR) is 52.9 cm³/mol. The topological polar surface area (TPSA) is 57.6 Å². The summed E-state index contributed by atoms with van der Waals surface area (Å²) in [5, 5.41) is 3.65. The van der Waals surface area contributed by atoms with Gasteiger partial charge in [-0.15, -0.1) is 0 Å². The van der Waals surface area contributed by atoms with Crippen molar-refractivity contribution >= 4 is 17.0 Å². The van der Waals surface area contributed by atoms with E-state index in [-0.39, 0.29) is 0 Å². The van der Waals surface area contributed by atoms with Gasteiger partial charge >= 0.3 is 11.1 Å². The molecule has 1 aromatic carbocycles. The highest BCUT2D eigenvalue weighted by Crippen LogP contribution is 2.16. The molecule has 0 N–H and O–H groups in total. The Kier molecular flexibility index (Phi) is 1.87. The molecule has 0 spiro atoms. The number of rotatable bonds is 1. The van der Waals surface area contributed by atoms with Gasteiger partial charge in [0.05, 0.1) is 14.1 Å². The molecule has 0 fully saturated rings. The Bertz CT molecular complexity index is 494. The molecular formula is C9H10N5+. The molecule has 0 radical (unpaired) electrons.